The Balaban J connectivity index is 3.42. The molecule has 0 heterocycles. The van der Waals surface area contributed by atoms with Gasteiger partial charge in [-0.3, -0.25) is 10.1 Å². The lowest BCUT2D eigenvalue weighted by Crippen LogP contribution is -2.28. The molecule has 18 heavy (non-hydrogen) atoms. The molecule has 100 valence electrons. The van der Waals surface area contributed by atoms with E-state index in [0.717, 1.165) is 22.5 Å². The smallest absolute Gasteiger partial charge is 0.258 e. The van der Waals surface area contributed by atoms with E-state index in [9.17, 15) is 22.9 Å². The number of sulfonamides is 1. The number of hydrogen-bond acceptors (Lipinski definition) is 4. The fraction of sp³-hybridized carbons (Fsp3) is 0.400. The van der Waals surface area contributed by atoms with Gasteiger partial charge in [0.2, 0.25) is 15.8 Å². The Kier molecular flexibility index (Phi) is 4.36. The van der Waals surface area contributed by atoms with Crippen LogP contribution in [0, 0.1) is 15.9 Å². The summed E-state index contributed by atoms with van der Waals surface area (Å²) in [4.78, 5) is 9.10. The van der Waals surface area contributed by atoms with Crippen molar-refractivity contribution < 1.29 is 17.7 Å². The van der Waals surface area contributed by atoms with Crippen LogP contribution in [0.5, 0.6) is 0 Å². The molecular formula is C10H13FN2O4S. The van der Waals surface area contributed by atoms with Crippen LogP contribution in [0.4, 0.5) is 10.1 Å². The second-order valence-electron chi connectivity index (χ2n) is 3.67. The Morgan fingerprint density at radius 2 is 2.06 bits per heavy atom. The first-order chi connectivity index (χ1) is 8.32. The van der Waals surface area contributed by atoms with Crippen LogP contribution < -0.4 is 0 Å². The fourth-order valence-corrected chi connectivity index (χ4v) is 2.91. The number of benzene rings is 1. The Labute approximate surface area is 104 Å². The third-order valence-corrected chi connectivity index (χ3v) is 4.25. The van der Waals surface area contributed by atoms with Crippen molar-refractivity contribution in [2.75, 3.05) is 13.6 Å². The van der Waals surface area contributed by atoms with Gasteiger partial charge in [-0.05, 0) is 18.6 Å². The maximum Gasteiger partial charge on any atom is 0.324 e. The van der Waals surface area contributed by atoms with Gasteiger partial charge in [-0.25, -0.2) is 12.7 Å². The van der Waals surface area contributed by atoms with Crippen LogP contribution in [0.1, 0.15) is 13.3 Å². The van der Waals surface area contributed by atoms with E-state index in [1.807, 2.05) is 0 Å². The maximum absolute atomic E-state index is 13.4. The molecule has 0 atom stereocenters. The second-order valence-corrected chi connectivity index (χ2v) is 5.68. The van der Waals surface area contributed by atoms with E-state index in [2.05, 4.69) is 0 Å². The molecule has 0 unspecified atom stereocenters. The van der Waals surface area contributed by atoms with Gasteiger partial charge in [-0.2, -0.15) is 4.39 Å². The molecule has 0 saturated heterocycles. The molecule has 0 saturated carbocycles. The van der Waals surface area contributed by atoms with Crippen molar-refractivity contribution in [1.82, 2.24) is 4.31 Å². The van der Waals surface area contributed by atoms with E-state index >= 15 is 0 Å². The van der Waals surface area contributed by atoms with Gasteiger partial charge in [-0.15, -0.1) is 0 Å². The van der Waals surface area contributed by atoms with Crippen molar-refractivity contribution in [2.24, 2.45) is 0 Å². The number of para-hydroxylation sites is 1. The van der Waals surface area contributed by atoms with E-state index in [4.69, 9.17) is 0 Å². The molecule has 1 rings (SSSR count). The highest BCUT2D eigenvalue weighted by atomic mass is 32.2. The standard InChI is InChI=1S/C10H13FN2O4S/c1-3-7-12(2)18(16,17)9-6-4-5-8(11)10(9)13(14)15/h4-6H,3,7H2,1-2H3. The van der Waals surface area contributed by atoms with E-state index in [1.54, 1.807) is 6.92 Å². The summed E-state index contributed by atoms with van der Waals surface area (Å²) in [5.74, 6) is -1.16. The number of hydrogen-bond donors (Lipinski definition) is 0. The third kappa shape index (κ3) is 2.65. The molecule has 0 spiro atoms. The van der Waals surface area contributed by atoms with Crippen LogP contribution in [-0.2, 0) is 10.0 Å². The highest BCUT2D eigenvalue weighted by Gasteiger charge is 2.31. The van der Waals surface area contributed by atoms with Gasteiger partial charge >= 0.3 is 5.69 Å². The van der Waals surface area contributed by atoms with Crippen LogP contribution in [0.2, 0.25) is 0 Å². The molecule has 0 N–H and O–H groups in total. The van der Waals surface area contributed by atoms with Crippen LogP contribution in [0.15, 0.2) is 23.1 Å². The first-order valence-corrected chi connectivity index (χ1v) is 6.65. The summed E-state index contributed by atoms with van der Waals surface area (Å²) in [6.07, 6.45) is 0.554. The largest absolute Gasteiger partial charge is 0.324 e. The molecule has 0 aliphatic rings. The molecule has 6 nitrogen and oxygen atoms in total. The molecule has 8 heteroatoms. The molecule has 0 aromatic heterocycles. The molecule has 1 aromatic rings. The van der Waals surface area contributed by atoms with Gasteiger partial charge in [-0.1, -0.05) is 13.0 Å². The van der Waals surface area contributed by atoms with Crippen molar-refractivity contribution in [1.29, 1.82) is 0 Å². The molecule has 0 bridgehead atoms. The lowest BCUT2D eigenvalue weighted by Gasteiger charge is -2.16. The summed E-state index contributed by atoms with van der Waals surface area (Å²) in [6, 6.07) is 3.02. The van der Waals surface area contributed by atoms with E-state index in [1.165, 1.54) is 7.05 Å². The highest BCUT2D eigenvalue weighted by molar-refractivity contribution is 7.89. The Morgan fingerprint density at radius 1 is 1.44 bits per heavy atom. The maximum atomic E-state index is 13.4. The monoisotopic (exact) mass is 276 g/mol. The van der Waals surface area contributed by atoms with Gasteiger partial charge in [0.25, 0.3) is 0 Å². The summed E-state index contributed by atoms with van der Waals surface area (Å²) in [5, 5.41) is 10.8. The molecule has 0 fully saturated rings. The summed E-state index contributed by atoms with van der Waals surface area (Å²) >= 11 is 0. The lowest BCUT2D eigenvalue weighted by molar-refractivity contribution is -0.390. The van der Waals surface area contributed by atoms with Crippen molar-refractivity contribution >= 4 is 15.7 Å². The van der Waals surface area contributed by atoms with E-state index in [-0.39, 0.29) is 6.54 Å². The number of halogens is 1. The van der Waals surface area contributed by atoms with Gasteiger partial charge < -0.3 is 0 Å². The Morgan fingerprint density at radius 3 is 2.56 bits per heavy atom. The van der Waals surface area contributed by atoms with Crippen molar-refractivity contribution in [3.63, 3.8) is 0 Å². The van der Waals surface area contributed by atoms with Crippen LogP contribution in [0.25, 0.3) is 0 Å². The molecule has 0 amide bonds. The van der Waals surface area contributed by atoms with E-state index in [0.29, 0.717) is 6.42 Å². The normalized spacial score (nSPS) is 11.8. The zero-order valence-electron chi connectivity index (χ0n) is 9.96. The summed E-state index contributed by atoms with van der Waals surface area (Å²) in [5.41, 5.74) is -1.01. The molecule has 0 aliphatic heterocycles. The molecular weight excluding hydrogens is 263 g/mol. The molecule has 0 aliphatic carbocycles. The first-order valence-electron chi connectivity index (χ1n) is 5.21. The fourth-order valence-electron chi connectivity index (χ4n) is 1.48. The van der Waals surface area contributed by atoms with Crippen molar-refractivity contribution in [3.8, 4) is 0 Å². The highest BCUT2D eigenvalue weighted by Crippen LogP contribution is 2.28. The summed E-state index contributed by atoms with van der Waals surface area (Å²) < 4.78 is 38.4. The molecule has 0 radical (unpaired) electrons. The number of nitro benzene ring substituents is 1. The van der Waals surface area contributed by atoms with Gasteiger partial charge in [0, 0.05) is 13.6 Å². The van der Waals surface area contributed by atoms with E-state index < -0.39 is 31.3 Å². The minimum atomic E-state index is -4.05. The van der Waals surface area contributed by atoms with Crippen molar-refractivity contribution in [2.45, 2.75) is 18.2 Å². The number of rotatable bonds is 5. The average Bonchev–Trinajstić information content (AvgIpc) is 2.28. The van der Waals surface area contributed by atoms with Crippen LogP contribution >= 0.6 is 0 Å². The minimum Gasteiger partial charge on any atom is -0.258 e. The molecule has 1 aromatic carbocycles. The van der Waals surface area contributed by atoms with Gasteiger partial charge in [0.05, 0.1) is 4.92 Å². The minimum absolute atomic E-state index is 0.204. The second kappa shape index (κ2) is 5.40. The average molecular weight is 276 g/mol. The Bertz CT molecular complexity index is 559. The predicted molar refractivity (Wildman–Crippen MR) is 63.2 cm³/mol. The number of nitrogens with zero attached hydrogens (tertiary/aromatic N) is 2. The quantitative estimate of drug-likeness (QED) is 0.606. The van der Waals surface area contributed by atoms with Crippen LogP contribution in [-0.4, -0.2) is 31.2 Å². The van der Waals surface area contributed by atoms with Crippen LogP contribution in [0.3, 0.4) is 0 Å². The summed E-state index contributed by atoms with van der Waals surface area (Å²) in [6.45, 7) is 1.97. The summed E-state index contributed by atoms with van der Waals surface area (Å²) in [7, 11) is -2.75. The lowest BCUT2D eigenvalue weighted by atomic mass is 10.3. The topological polar surface area (TPSA) is 80.5 Å². The Hall–Kier alpha value is -1.54. The van der Waals surface area contributed by atoms with Gasteiger partial charge in [0.15, 0.2) is 4.90 Å². The van der Waals surface area contributed by atoms with Gasteiger partial charge in [0.1, 0.15) is 0 Å². The first kappa shape index (κ1) is 14.5. The zero-order chi connectivity index (χ0) is 13.9. The number of nitro groups is 1. The van der Waals surface area contributed by atoms with Crippen molar-refractivity contribution in [3.05, 3.63) is 34.1 Å². The zero-order valence-corrected chi connectivity index (χ0v) is 10.8. The third-order valence-electron chi connectivity index (χ3n) is 2.36. The SMILES string of the molecule is CCCN(C)S(=O)(=O)c1cccc(F)c1[N+](=O)[O-]. The predicted octanol–water partition coefficient (Wildman–Crippen LogP) is 1.76.